The first-order valence-corrected chi connectivity index (χ1v) is 11.2. The predicted octanol–water partition coefficient (Wildman–Crippen LogP) is 0.894. The van der Waals surface area contributed by atoms with E-state index in [2.05, 4.69) is 29.2 Å². The van der Waals surface area contributed by atoms with Crippen LogP contribution >= 0.6 is 11.8 Å². The van der Waals surface area contributed by atoms with Gasteiger partial charge in [-0.25, -0.2) is 14.4 Å². The highest BCUT2D eigenvalue weighted by atomic mass is 32.2. The van der Waals surface area contributed by atoms with E-state index in [1.54, 1.807) is 0 Å². The maximum atomic E-state index is 12.4. The molecule has 33 heavy (non-hydrogen) atoms. The number of carbonyl (C=O) groups is 5. The maximum Gasteiger partial charge on any atom is 0.410 e. The van der Waals surface area contributed by atoms with Crippen LogP contribution in [0.25, 0.3) is 0 Å². The van der Waals surface area contributed by atoms with E-state index in [0.717, 1.165) is 39.9 Å². The second-order valence-electron chi connectivity index (χ2n) is 6.67. The lowest BCUT2D eigenvalue weighted by Crippen LogP contribution is -2.44. The fraction of sp³-hybridized carbons (Fsp3) is 0.737. The molecule has 190 valence electrons. The molecule has 1 amide bonds. The molecule has 0 aromatic carbocycles. The van der Waals surface area contributed by atoms with Gasteiger partial charge in [-0.05, 0) is 31.1 Å². The van der Waals surface area contributed by atoms with E-state index >= 15 is 0 Å². The summed E-state index contributed by atoms with van der Waals surface area (Å²) in [5, 5.41) is 1.43. The molecule has 14 heteroatoms. The Kier molecular flexibility index (Phi) is 14.6. The molecule has 13 nitrogen and oxygen atoms in total. The standard InChI is InChI=1S/C19H30N2O11S.H2/c1-14(22)29-12-31-18(25)20-16(11-33-19(26)32-13-30-15(2)23)17(24)28-8-4-3-5-21-6-9-27-10-7-21;/h16H,3-13H2,1-2H3,(H,20,25);1H/t16-;/m0./s1. The first kappa shape index (κ1) is 28.5. The van der Waals surface area contributed by atoms with Gasteiger partial charge in [0.05, 0.1) is 19.8 Å². The first-order valence-electron chi connectivity index (χ1n) is 10.2. The average molecular weight is 497 g/mol. The lowest BCUT2D eigenvalue weighted by atomic mass is 10.3. The number of thioether (sulfide) groups is 1. The third-order valence-electron chi connectivity index (χ3n) is 4.05. The van der Waals surface area contributed by atoms with Gasteiger partial charge >= 0.3 is 29.3 Å². The van der Waals surface area contributed by atoms with Gasteiger partial charge in [-0.1, -0.05) is 0 Å². The molecule has 0 aromatic heterocycles. The van der Waals surface area contributed by atoms with E-state index in [9.17, 15) is 24.0 Å². The molecule has 0 aliphatic carbocycles. The summed E-state index contributed by atoms with van der Waals surface area (Å²) in [4.78, 5) is 59.6. The lowest BCUT2D eigenvalue weighted by molar-refractivity contribution is -0.150. The Balaban J connectivity index is 0.0000109. The number of morpholine rings is 1. The number of ether oxygens (including phenoxy) is 6. The van der Waals surface area contributed by atoms with Crippen LogP contribution in [-0.2, 0) is 42.8 Å². The molecule has 1 rings (SSSR count). The molecular formula is C19H32N2O11S. The molecule has 1 fully saturated rings. The first-order chi connectivity index (χ1) is 15.8. The smallest absolute Gasteiger partial charge is 0.410 e. The molecular weight excluding hydrogens is 464 g/mol. The van der Waals surface area contributed by atoms with E-state index in [1.807, 2.05) is 0 Å². The molecule has 0 saturated carbocycles. The van der Waals surface area contributed by atoms with Gasteiger partial charge in [0.15, 0.2) is 0 Å². The fourth-order valence-corrected chi connectivity index (χ4v) is 3.06. The van der Waals surface area contributed by atoms with Crippen LogP contribution in [-0.4, -0.2) is 99.0 Å². The Morgan fingerprint density at radius 2 is 1.58 bits per heavy atom. The van der Waals surface area contributed by atoms with Gasteiger partial charge in [0, 0.05) is 34.1 Å². The number of nitrogens with zero attached hydrogens (tertiary/aromatic N) is 1. The van der Waals surface area contributed by atoms with E-state index in [-0.39, 0.29) is 13.8 Å². The third-order valence-corrected chi connectivity index (χ3v) is 4.91. The van der Waals surface area contributed by atoms with Gasteiger partial charge in [0.25, 0.3) is 0 Å². The Bertz CT molecular complexity index is 662. The van der Waals surface area contributed by atoms with Crippen molar-refractivity contribution in [2.75, 3.05) is 58.8 Å². The summed E-state index contributed by atoms with van der Waals surface area (Å²) >= 11 is 0.570. The van der Waals surface area contributed by atoms with Crippen LogP contribution in [0.2, 0.25) is 0 Å². The zero-order chi connectivity index (χ0) is 24.5. The molecule has 1 aliphatic heterocycles. The number of alkyl carbamates (subject to hydrolysis) is 1. The number of hydrogen-bond donors (Lipinski definition) is 1. The summed E-state index contributed by atoms with van der Waals surface area (Å²) in [6.07, 6.45) is 0.386. The molecule has 1 saturated heterocycles. The molecule has 0 unspecified atom stereocenters. The fourth-order valence-electron chi connectivity index (χ4n) is 2.41. The topological polar surface area (TPSA) is 156 Å². The van der Waals surface area contributed by atoms with Crippen LogP contribution in [0.1, 0.15) is 28.1 Å². The zero-order valence-electron chi connectivity index (χ0n) is 18.7. The minimum Gasteiger partial charge on any atom is -0.464 e. The Morgan fingerprint density at radius 3 is 2.21 bits per heavy atom. The molecule has 1 atom stereocenters. The molecule has 0 radical (unpaired) electrons. The zero-order valence-corrected chi connectivity index (χ0v) is 19.5. The van der Waals surface area contributed by atoms with Crippen LogP contribution in [0.5, 0.6) is 0 Å². The van der Waals surface area contributed by atoms with Gasteiger partial charge in [-0.2, -0.15) is 0 Å². The number of rotatable bonds is 13. The van der Waals surface area contributed by atoms with Gasteiger partial charge in [0.2, 0.25) is 13.6 Å². The molecule has 1 heterocycles. The van der Waals surface area contributed by atoms with Crippen molar-refractivity contribution in [1.29, 1.82) is 0 Å². The molecule has 0 spiro atoms. The van der Waals surface area contributed by atoms with Gasteiger partial charge in [-0.3, -0.25) is 14.5 Å². The maximum absolute atomic E-state index is 12.4. The van der Waals surface area contributed by atoms with E-state index in [1.165, 1.54) is 0 Å². The highest BCUT2D eigenvalue weighted by Gasteiger charge is 2.25. The van der Waals surface area contributed by atoms with E-state index in [4.69, 9.17) is 9.47 Å². The van der Waals surface area contributed by atoms with Crippen LogP contribution in [0, 0.1) is 0 Å². The van der Waals surface area contributed by atoms with Crippen molar-refractivity contribution in [2.45, 2.75) is 32.7 Å². The minimum absolute atomic E-state index is 0. The quantitative estimate of drug-likeness (QED) is 0.166. The van der Waals surface area contributed by atoms with E-state index in [0.29, 0.717) is 31.4 Å². The number of hydrogen-bond acceptors (Lipinski definition) is 13. The Morgan fingerprint density at radius 1 is 0.939 bits per heavy atom. The van der Waals surface area contributed by atoms with Crippen LogP contribution in [0.3, 0.4) is 0 Å². The molecule has 1 aliphatic rings. The number of esters is 3. The SMILES string of the molecule is CC(=O)OCOC(=O)N[C@@H](CSC(=O)OCOC(C)=O)C(=O)OCCCCN1CCOCC1.[HH]. The number of amides is 1. The highest BCUT2D eigenvalue weighted by molar-refractivity contribution is 8.13. The average Bonchev–Trinajstić information content (AvgIpc) is 2.76. The van der Waals surface area contributed by atoms with Crippen molar-refractivity contribution < 1.29 is 53.8 Å². The largest absolute Gasteiger partial charge is 0.464 e. The second-order valence-corrected chi connectivity index (χ2v) is 7.63. The summed E-state index contributed by atoms with van der Waals surface area (Å²) in [5.74, 6) is -2.28. The van der Waals surface area contributed by atoms with E-state index < -0.39 is 48.9 Å². The summed E-state index contributed by atoms with van der Waals surface area (Å²) in [6, 6.07) is -1.24. The van der Waals surface area contributed by atoms with Crippen molar-refractivity contribution in [3.8, 4) is 0 Å². The minimum atomic E-state index is -1.24. The number of nitrogens with one attached hydrogen (secondary N) is 1. The summed E-state index contributed by atoms with van der Waals surface area (Å²) < 4.78 is 28.8. The van der Waals surface area contributed by atoms with Crippen LogP contribution < -0.4 is 5.32 Å². The number of unbranched alkanes of at least 4 members (excludes halogenated alkanes) is 1. The predicted molar refractivity (Wildman–Crippen MR) is 115 cm³/mol. The van der Waals surface area contributed by atoms with Gasteiger partial charge in [0.1, 0.15) is 6.04 Å². The van der Waals surface area contributed by atoms with Gasteiger partial charge in [-0.15, -0.1) is 0 Å². The van der Waals surface area contributed by atoms with Crippen molar-refractivity contribution in [3.05, 3.63) is 0 Å². The van der Waals surface area contributed by atoms with Crippen molar-refractivity contribution in [3.63, 3.8) is 0 Å². The van der Waals surface area contributed by atoms with Crippen LogP contribution in [0.15, 0.2) is 0 Å². The van der Waals surface area contributed by atoms with Crippen LogP contribution in [0.4, 0.5) is 9.59 Å². The summed E-state index contributed by atoms with van der Waals surface area (Å²) in [7, 11) is 0. The van der Waals surface area contributed by atoms with Crippen molar-refractivity contribution in [2.24, 2.45) is 0 Å². The molecule has 1 N–H and O–H groups in total. The summed E-state index contributed by atoms with van der Waals surface area (Å²) in [5.41, 5.74) is 0. The number of carbonyl (C=O) groups excluding carboxylic acids is 5. The highest BCUT2D eigenvalue weighted by Crippen LogP contribution is 2.10. The molecule has 0 aromatic rings. The second kappa shape index (κ2) is 17.0. The third kappa shape index (κ3) is 15.0. The monoisotopic (exact) mass is 496 g/mol. The Labute approximate surface area is 197 Å². The molecule has 0 bridgehead atoms. The van der Waals surface area contributed by atoms with Crippen molar-refractivity contribution >= 4 is 41.1 Å². The lowest BCUT2D eigenvalue weighted by Gasteiger charge is -2.26. The Hall–Kier alpha value is -2.58. The van der Waals surface area contributed by atoms with Crippen molar-refractivity contribution in [1.82, 2.24) is 10.2 Å². The normalized spacial score (nSPS) is 14.5. The van der Waals surface area contributed by atoms with Gasteiger partial charge < -0.3 is 33.7 Å². The summed E-state index contributed by atoms with van der Waals surface area (Å²) in [6.45, 7) is 5.21.